The Morgan fingerprint density at radius 3 is 2.58 bits per heavy atom. The van der Waals surface area contributed by atoms with Crippen molar-refractivity contribution in [1.82, 2.24) is 9.80 Å². The number of benzene rings is 1. The van der Waals surface area contributed by atoms with Crippen LogP contribution in [0.4, 0.5) is 0 Å². The lowest BCUT2D eigenvalue weighted by Crippen LogP contribution is -2.42. The van der Waals surface area contributed by atoms with Gasteiger partial charge in [0.2, 0.25) is 0 Å². The summed E-state index contributed by atoms with van der Waals surface area (Å²) in [5.41, 5.74) is 0.757. The summed E-state index contributed by atoms with van der Waals surface area (Å²) < 4.78 is 5.60. The van der Waals surface area contributed by atoms with Crippen molar-refractivity contribution in [3.63, 3.8) is 0 Å². The van der Waals surface area contributed by atoms with E-state index in [1.165, 1.54) is 25.9 Å². The Kier molecular flexibility index (Phi) is 6.38. The van der Waals surface area contributed by atoms with Crippen LogP contribution in [0.15, 0.2) is 24.3 Å². The number of rotatable bonds is 7. The van der Waals surface area contributed by atoms with Gasteiger partial charge in [-0.2, -0.15) is 0 Å². The standard InChI is InChI=1S/C19H27ClN2O2/c20-10-4-14-24-18-8-6-16(7-9-18)19(23)22-13-3-5-17(22)15-21-11-1-2-12-21/h6-9,17H,1-5,10-15H2/t17-/m1/s1. The van der Waals surface area contributed by atoms with Gasteiger partial charge in [-0.25, -0.2) is 0 Å². The van der Waals surface area contributed by atoms with Crippen molar-refractivity contribution in [1.29, 1.82) is 0 Å². The van der Waals surface area contributed by atoms with E-state index in [2.05, 4.69) is 9.80 Å². The highest BCUT2D eigenvalue weighted by Gasteiger charge is 2.31. The fraction of sp³-hybridized carbons (Fsp3) is 0.632. The first-order valence-electron chi connectivity index (χ1n) is 9.10. The minimum absolute atomic E-state index is 0.156. The van der Waals surface area contributed by atoms with Crippen LogP contribution in [0.5, 0.6) is 5.75 Å². The fourth-order valence-electron chi connectivity index (χ4n) is 3.66. The Labute approximate surface area is 149 Å². The third kappa shape index (κ3) is 4.42. The molecule has 4 nitrogen and oxygen atoms in total. The number of hydrogen-bond acceptors (Lipinski definition) is 3. The van der Waals surface area contributed by atoms with Gasteiger partial charge in [0.15, 0.2) is 0 Å². The van der Waals surface area contributed by atoms with E-state index in [0.29, 0.717) is 18.5 Å². The van der Waals surface area contributed by atoms with Crippen molar-refractivity contribution in [3.05, 3.63) is 29.8 Å². The first-order valence-corrected chi connectivity index (χ1v) is 9.63. The number of hydrogen-bond donors (Lipinski definition) is 0. The molecule has 2 saturated heterocycles. The molecule has 0 bridgehead atoms. The number of alkyl halides is 1. The van der Waals surface area contributed by atoms with Gasteiger partial charge in [0.25, 0.3) is 5.91 Å². The summed E-state index contributed by atoms with van der Waals surface area (Å²) in [5.74, 6) is 1.56. The first-order chi connectivity index (χ1) is 11.8. The van der Waals surface area contributed by atoms with E-state index in [1.54, 1.807) is 0 Å². The Bertz CT molecular complexity index is 529. The molecule has 2 fully saturated rings. The maximum atomic E-state index is 12.9. The molecule has 1 atom stereocenters. The third-order valence-electron chi connectivity index (χ3n) is 4.95. The Morgan fingerprint density at radius 1 is 1.12 bits per heavy atom. The second-order valence-corrected chi connectivity index (χ2v) is 7.10. The molecule has 2 heterocycles. The van der Waals surface area contributed by atoms with Crippen LogP contribution in [0.2, 0.25) is 0 Å². The number of halogens is 1. The molecule has 5 heteroatoms. The highest BCUT2D eigenvalue weighted by atomic mass is 35.5. The molecule has 24 heavy (non-hydrogen) atoms. The molecule has 0 spiro atoms. The lowest BCUT2D eigenvalue weighted by atomic mass is 10.1. The van der Waals surface area contributed by atoms with Gasteiger partial charge in [-0.15, -0.1) is 11.6 Å². The smallest absolute Gasteiger partial charge is 0.254 e. The molecular weight excluding hydrogens is 324 g/mol. The van der Waals surface area contributed by atoms with Gasteiger partial charge in [0, 0.05) is 30.6 Å². The Morgan fingerprint density at radius 2 is 1.88 bits per heavy atom. The SMILES string of the molecule is O=C(c1ccc(OCCCCl)cc1)N1CCC[C@@H]1CN1CCCC1. The predicted molar refractivity (Wildman–Crippen MR) is 97.0 cm³/mol. The average Bonchev–Trinajstić information content (AvgIpc) is 3.27. The van der Waals surface area contributed by atoms with E-state index in [-0.39, 0.29) is 5.91 Å². The summed E-state index contributed by atoms with van der Waals surface area (Å²) in [6.45, 7) is 4.90. The van der Waals surface area contributed by atoms with E-state index < -0.39 is 0 Å². The number of carbonyl (C=O) groups excluding carboxylic acids is 1. The quantitative estimate of drug-likeness (QED) is 0.558. The molecule has 2 aliphatic heterocycles. The van der Waals surface area contributed by atoms with Gasteiger partial charge >= 0.3 is 0 Å². The molecule has 132 valence electrons. The lowest BCUT2D eigenvalue weighted by Gasteiger charge is -2.28. The first kappa shape index (κ1) is 17.6. The topological polar surface area (TPSA) is 32.8 Å². The number of amides is 1. The maximum Gasteiger partial charge on any atom is 0.254 e. The molecule has 0 saturated carbocycles. The predicted octanol–water partition coefficient (Wildman–Crippen LogP) is 3.39. The maximum absolute atomic E-state index is 12.9. The van der Waals surface area contributed by atoms with E-state index in [9.17, 15) is 4.79 Å². The van der Waals surface area contributed by atoms with Gasteiger partial charge < -0.3 is 14.5 Å². The normalized spacial score (nSPS) is 21.4. The molecule has 0 radical (unpaired) electrons. The number of nitrogens with zero attached hydrogens (tertiary/aromatic N) is 2. The van der Waals surface area contributed by atoms with Gasteiger partial charge in [0.05, 0.1) is 6.61 Å². The van der Waals surface area contributed by atoms with Crippen LogP contribution in [0.3, 0.4) is 0 Å². The van der Waals surface area contributed by atoms with E-state index in [1.807, 2.05) is 24.3 Å². The van der Waals surface area contributed by atoms with Gasteiger partial charge in [-0.05, 0) is 69.5 Å². The van der Waals surface area contributed by atoms with E-state index in [4.69, 9.17) is 16.3 Å². The average molecular weight is 351 g/mol. The van der Waals surface area contributed by atoms with Crippen molar-refractivity contribution in [3.8, 4) is 5.75 Å². The molecule has 3 rings (SSSR count). The third-order valence-corrected chi connectivity index (χ3v) is 5.22. The van der Waals surface area contributed by atoms with Crippen LogP contribution in [-0.2, 0) is 0 Å². The molecule has 0 aromatic heterocycles. The zero-order valence-corrected chi connectivity index (χ0v) is 15.0. The Balaban J connectivity index is 1.57. The number of ether oxygens (including phenoxy) is 1. The molecule has 0 N–H and O–H groups in total. The van der Waals surface area contributed by atoms with Crippen LogP contribution in [0.25, 0.3) is 0 Å². The Hall–Kier alpha value is -1.26. The molecule has 0 aliphatic carbocycles. The van der Waals surface area contributed by atoms with E-state index >= 15 is 0 Å². The van der Waals surface area contributed by atoms with Crippen molar-refractivity contribution < 1.29 is 9.53 Å². The summed E-state index contributed by atoms with van der Waals surface area (Å²) >= 11 is 5.65. The second kappa shape index (κ2) is 8.72. The van der Waals surface area contributed by atoms with Gasteiger partial charge in [-0.3, -0.25) is 4.79 Å². The van der Waals surface area contributed by atoms with Crippen LogP contribution >= 0.6 is 11.6 Å². The molecule has 1 aromatic rings. The van der Waals surface area contributed by atoms with Crippen LogP contribution in [0, 0.1) is 0 Å². The van der Waals surface area contributed by atoms with E-state index in [0.717, 1.165) is 43.7 Å². The van der Waals surface area contributed by atoms with Crippen molar-refractivity contribution in [2.24, 2.45) is 0 Å². The molecule has 1 amide bonds. The molecule has 2 aliphatic rings. The molecule has 0 unspecified atom stereocenters. The summed E-state index contributed by atoms with van der Waals surface area (Å²) in [6, 6.07) is 7.89. The summed E-state index contributed by atoms with van der Waals surface area (Å²) in [4.78, 5) is 17.4. The second-order valence-electron chi connectivity index (χ2n) is 6.72. The van der Waals surface area contributed by atoms with Crippen LogP contribution in [-0.4, -0.2) is 60.4 Å². The van der Waals surface area contributed by atoms with Crippen molar-refractivity contribution >= 4 is 17.5 Å². The lowest BCUT2D eigenvalue weighted by molar-refractivity contribution is 0.0708. The van der Waals surface area contributed by atoms with Gasteiger partial charge in [-0.1, -0.05) is 0 Å². The van der Waals surface area contributed by atoms with Crippen LogP contribution in [0.1, 0.15) is 42.5 Å². The highest BCUT2D eigenvalue weighted by molar-refractivity contribution is 6.17. The summed E-state index contributed by atoms with van der Waals surface area (Å²) in [6.07, 6.45) is 5.66. The highest BCUT2D eigenvalue weighted by Crippen LogP contribution is 2.23. The number of likely N-dealkylation sites (tertiary alicyclic amines) is 2. The largest absolute Gasteiger partial charge is 0.494 e. The molecular formula is C19H27ClN2O2. The zero-order chi connectivity index (χ0) is 16.8. The van der Waals surface area contributed by atoms with Crippen molar-refractivity contribution in [2.45, 2.75) is 38.1 Å². The number of carbonyl (C=O) groups is 1. The zero-order valence-electron chi connectivity index (χ0n) is 14.3. The fourth-order valence-corrected chi connectivity index (χ4v) is 3.77. The minimum Gasteiger partial charge on any atom is -0.494 e. The summed E-state index contributed by atoms with van der Waals surface area (Å²) in [5, 5.41) is 0. The van der Waals surface area contributed by atoms with Crippen LogP contribution < -0.4 is 4.74 Å². The minimum atomic E-state index is 0.156. The van der Waals surface area contributed by atoms with Crippen molar-refractivity contribution in [2.75, 3.05) is 38.7 Å². The summed E-state index contributed by atoms with van der Waals surface area (Å²) in [7, 11) is 0. The van der Waals surface area contributed by atoms with Gasteiger partial charge in [0.1, 0.15) is 5.75 Å². The monoisotopic (exact) mass is 350 g/mol. The molecule has 1 aromatic carbocycles.